The van der Waals surface area contributed by atoms with Crippen LogP contribution in [0.15, 0.2) is 12.4 Å². The van der Waals surface area contributed by atoms with Gasteiger partial charge in [-0.15, -0.1) is 0 Å². The maximum absolute atomic E-state index is 10.8. The molecule has 0 aromatic heterocycles. The summed E-state index contributed by atoms with van der Waals surface area (Å²) < 4.78 is 0. The fourth-order valence-electron chi connectivity index (χ4n) is 1.95. The molecule has 0 aliphatic carbocycles. The van der Waals surface area contributed by atoms with Crippen molar-refractivity contribution in [1.29, 1.82) is 0 Å². The van der Waals surface area contributed by atoms with Crippen molar-refractivity contribution < 1.29 is 29.7 Å². The highest BCUT2D eigenvalue weighted by Gasteiger charge is 2.16. The standard InChI is InChI=1S/C12H19N3O6/c16-10(17)7-13-1-2-14(8-11(18)19)5-6-15(4-3-13)9-12(20)21/h1-2H,3-9H2,(H,16,17)(H,18,19)(H,20,21)/b2-1+. The van der Waals surface area contributed by atoms with Crippen molar-refractivity contribution in [2.45, 2.75) is 0 Å². The van der Waals surface area contributed by atoms with Crippen LogP contribution in [0.2, 0.25) is 0 Å². The minimum Gasteiger partial charge on any atom is -0.480 e. The number of rotatable bonds is 6. The lowest BCUT2D eigenvalue weighted by molar-refractivity contribution is -0.140. The summed E-state index contributed by atoms with van der Waals surface area (Å²) in [6.07, 6.45) is 3.06. The van der Waals surface area contributed by atoms with E-state index in [1.807, 2.05) is 0 Å². The number of hydrogen-bond acceptors (Lipinski definition) is 6. The van der Waals surface area contributed by atoms with E-state index in [0.29, 0.717) is 26.2 Å². The molecule has 0 aromatic carbocycles. The zero-order valence-electron chi connectivity index (χ0n) is 11.5. The van der Waals surface area contributed by atoms with Gasteiger partial charge in [-0.1, -0.05) is 0 Å². The van der Waals surface area contributed by atoms with Crippen molar-refractivity contribution in [1.82, 2.24) is 14.7 Å². The Morgan fingerprint density at radius 3 is 1.43 bits per heavy atom. The van der Waals surface area contributed by atoms with Crippen LogP contribution in [0.4, 0.5) is 0 Å². The third-order valence-corrected chi connectivity index (χ3v) is 2.93. The maximum Gasteiger partial charge on any atom is 0.323 e. The summed E-state index contributed by atoms with van der Waals surface area (Å²) in [4.78, 5) is 37.0. The summed E-state index contributed by atoms with van der Waals surface area (Å²) in [6, 6.07) is 0. The molecular weight excluding hydrogens is 282 g/mol. The van der Waals surface area contributed by atoms with Crippen LogP contribution in [0.25, 0.3) is 0 Å². The molecular formula is C12H19N3O6. The minimum absolute atomic E-state index is 0.165. The molecule has 9 nitrogen and oxygen atoms in total. The minimum atomic E-state index is -1.01. The first-order valence-electron chi connectivity index (χ1n) is 6.41. The lowest BCUT2D eigenvalue weighted by Crippen LogP contribution is -2.40. The van der Waals surface area contributed by atoms with Gasteiger partial charge in [0.15, 0.2) is 0 Å². The van der Waals surface area contributed by atoms with E-state index in [1.54, 1.807) is 4.90 Å². The van der Waals surface area contributed by atoms with Crippen LogP contribution in [0.3, 0.4) is 0 Å². The molecule has 0 fully saturated rings. The predicted octanol–water partition coefficient (Wildman–Crippen LogP) is -1.37. The molecule has 0 saturated heterocycles. The molecule has 0 unspecified atom stereocenters. The Balaban J connectivity index is 2.76. The van der Waals surface area contributed by atoms with Gasteiger partial charge >= 0.3 is 17.9 Å². The van der Waals surface area contributed by atoms with Gasteiger partial charge in [0.05, 0.1) is 6.54 Å². The highest BCUT2D eigenvalue weighted by Crippen LogP contribution is 2.02. The van der Waals surface area contributed by atoms with Crippen LogP contribution < -0.4 is 0 Å². The average Bonchev–Trinajstić information content (AvgIpc) is 2.42. The van der Waals surface area contributed by atoms with Crippen molar-refractivity contribution in [2.75, 3.05) is 45.8 Å². The molecule has 118 valence electrons. The third kappa shape index (κ3) is 7.16. The van der Waals surface area contributed by atoms with Crippen LogP contribution in [0, 0.1) is 0 Å². The topological polar surface area (TPSA) is 122 Å². The van der Waals surface area contributed by atoms with Crippen LogP contribution in [0.1, 0.15) is 0 Å². The molecule has 1 heterocycles. The molecule has 0 saturated carbocycles. The van der Waals surface area contributed by atoms with Gasteiger partial charge in [-0.3, -0.25) is 19.3 Å². The van der Waals surface area contributed by atoms with Gasteiger partial charge in [-0.25, -0.2) is 0 Å². The fraction of sp³-hybridized carbons (Fsp3) is 0.583. The summed E-state index contributed by atoms with van der Waals surface area (Å²) in [6.45, 7) is 0.891. The molecule has 0 bridgehead atoms. The molecule has 3 N–H and O–H groups in total. The predicted molar refractivity (Wildman–Crippen MR) is 71.6 cm³/mol. The van der Waals surface area contributed by atoms with Gasteiger partial charge in [0.1, 0.15) is 13.1 Å². The van der Waals surface area contributed by atoms with E-state index in [0.717, 1.165) is 0 Å². The summed E-state index contributed by atoms with van der Waals surface area (Å²) >= 11 is 0. The van der Waals surface area contributed by atoms with Crippen LogP contribution in [-0.2, 0) is 14.4 Å². The zero-order chi connectivity index (χ0) is 15.8. The van der Waals surface area contributed by atoms with E-state index >= 15 is 0 Å². The molecule has 0 atom stereocenters. The quantitative estimate of drug-likeness (QED) is 0.545. The fourth-order valence-corrected chi connectivity index (χ4v) is 1.95. The number of carbonyl (C=O) groups is 3. The maximum atomic E-state index is 10.8. The second-order valence-corrected chi connectivity index (χ2v) is 4.70. The van der Waals surface area contributed by atoms with Crippen molar-refractivity contribution in [3.8, 4) is 0 Å². The second-order valence-electron chi connectivity index (χ2n) is 4.70. The number of carboxylic acids is 3. The largest absolute Gasteiger partial charge is 0.480 e. The van der Waals surface area contributed by atoms with E-state index in [2.05, 4.69) is 0 Å². The number of aliphatic carboxylic acids is 3. The molecule has 21 heavy (non-hydrogen) atoms. The van der Waals surface area contributed by atoms with E-state index in [4.69, 9.17) is 15.3 Å². The monoisotopic (exact) mass is 301 g/mol. The van der Waals surface area contributed by atoms with Gasteiger partial charge in [-0.05, 0) is 0 Å². The van der Waals surface area contributed by atoms with Crippen molar-refractivity contribution >= 4 is 17.9 Å². The molecule has 0 aromatic rings. The number of hydrogen-bond donors (Lipinski definition) is 3. The van der Waals surface area contributed by atoms with Gasteiger partial charge in [0, 0.05) is 38.6 Å². The summed E-state index contributed by atoms with van der Waals surface area (Å²) in [5.74, 6) is -2.99. The first-order valence-corrected chi connectivity index (χ1v) is 6.41. The second kappa shape index (κ2) is 8.10. The Morgan fingerprint density at radius 1 is 0.714 bits per heavy atom. The Hall–Kier alpha value is -2.29. The number of nitrogens with zero attached hydrogens (tertiary/aromatic N) is 3. The van der Waals surface area contributed by atoms with Gasteiger partial charge < -0.3 is 25.1 Å². The number of carboxylic acid groups (broad SMARTS) is 3. The molecule has 1 rings (SSSR count). The van der Waals surface area contributed by atoms with E-state index < -0.39 is 17.9 Å². The van der Waals surface area contributed by atoms with Gasteiger partial charge in [-0.2, -0.15) is 0 Å². The lowest BCUT2D eigenvalue weighted by atomic mass is 10.4. The summed E-state index contributed by atoms with van der Waals surface area (Å²) in [5, 5.41) is 26.5. The molecule has 0 radical (unpaired) electrons. The zero-order valence-corrected chi connectivity index (χ0v) is 11.5. The van der Waals surface area contributed by atoms with E-state index in [1.165, 1.54) is 22.2 Å². The molecule has 9 heteroatoms. The summed E-state index contributed by atoms with van der Waals surface area (Å²) in [7, 11) is 0. The Labute approximate surface area is 121 Å². The first kappa shape index (κ1) is 16.8. The molecule has 1 aliphatic rings. The van der Waals surface area contributed by atoms with E-state index in [-0.39, 0.29) is 19.6 Å². The van der Waals surface area contributed by atoms with Gasteiger partial charge in [0.2, 0.25) is 0 Å². The Morgan fingerprint density at radius 2 is 1.10 bits per heavy atom. The molecule has 0 amide bonds. The smallest absolute Gasteiger partial charge is 0.323 e. The summed E-state index contributed by atoms with van der Waals surface area (Å²) in [5.41, 5.74) is 0. The van der Waals surface area contributed by atoms with Crippen molar-refractivity contribution in [2.24, 2.45) is 0 Å². The lowest BCUT2D eigenvalue weighted by Gasteiger charge is -2.24. The SMILES string of the molecule is O=C(O)CN1/C=C/N(CC(=O)O)CCN(CC(=O)O)CC1. The highest BCUT2D eigenvalue weighted by molar-refractivity contribution is 5.70. The van der Waals surface area contributed by atoms with Crippen molar-refractivity contribution in [3.05, 3.63) is 12.4 Å². The first-order chi connectivity index (χ1) is 9.86. The van der Waals surface area contributed by atoms with Gasteiger partial charge in [0.25, 0.3) is 0 Å². The highest BCUT2D eigenvalue weighted by atomic mass is 16.4. The normalized spacial score (nSPS) is 18.5. The van der Waals surface area contributed by atoms with Crippen LogP contribution >= 0.6 is 0 Å². The Bertz CT molecular complexity index is 395. The molecule has 0 spiro atoms. The Kier molecular flexibility index (Phi) is 6.47. The average molecular weight is 301 g/mol. The van der Waals surface area contributed by atoms with Crippen LogP contribution in [-0.4, -0.2) is 93.7 Å². The van der Waals surface area contributed by atoms with Crippen molar-refractivity contribution in [3.63, 3.8) is 0 Å². The molecule has 1 aliphatic heterocycles. The van der Waals surface area contributed by atoms with E-state index in [9.17, 15) is 14.4 Å². The third-order valence-electron chi connectivity index (χ3n) is 2.93. The van der Waals surface area contributed by atoms with Crippen LogP contribution in [0.5, 0.6) is 0 Å².